The summed E-state index contributed by atoms with van der Waals surface area (Å²) >= 11 is 1.81. The van der Waals surface area contributed by atoms with Crippen molar-refractivity contribution in [2.75, 3.05) is 13.3 Å². The van der Waals surface area contributed by atoms with Gasteiger partial charge in [0.1, 0.15) is 6.04 Å². The number of nitrogens with zero attached hydrogens (tertiary/aromatic N) is 1. The molecular weight excluding hydrogens is 144 g/mol. The summed E-state index contributed by atoms with van der Waals surface area (Å²) in [5, 5.41) is 11.7. The van der Waals surface area contributed by atoms with Crippen LogP contribution in [0.5, 0.6) is 0 Å². The third-order valence-corrected chi connectivity index (χ3v) is 3.55. The number of thioether (sulfide) groups is 1. The van der Waals surface area contributed by atoms with Crippen LogP contribution in [0, 0.1) is 11.3 Å². The van der Waals surface area contributed by atoms with Gasteiger partial charge in [0.25, 0.3) is 0 Å². The molecular formula is C7H12N2S. The zero-order valence-corrected chi connectivity index (χ0v) is 7.16. The number of hydrogen-bond donors (Lipinski definition) is 1. The first-order chi connectivity index (χ1) is 4.79. The second kappa shape index (κ2) is 2.81. The van der Waals surface area contributed by atoms with Crippen molar-refractivity contribution in [3.8, 4) is 6.07 Å². The normalized spacial score (nSPS) is 23.3. The van der Waals surface area contributed by atoms with Gasteiger partial charge >= 0.3 is 0 Å². The van der Waals surface area contributed by atoms with Crippen LogP contribution in [0.15, 0.2) is 0 Å². The molecule has 0 radical (unpaired) electrons. The Balaban J connectivity index is 2.54. The van der Waals surface area contributed by atoms with Gasteiger partial charge in [-0.05, 0) is 26.1 Å². The second-order valence-electron chi connectivity index (χ2n) is 2.62. The minimum atomic E-state index is 0.0440. The summed E-state index contributed by atoms with van der Waals surface area (Å²) in [5.74, 6) is 0. The van der Waals surface area contributed by atoms with Gasteiger partial charge < -0.3 is 5.32 Å². The first kappa shape index (κ1) is 7.90. The largest absolute Gasteiger partial charge is 0.304 e. The smallest absolute Gasteiger partial charge is 0.110 e. The van der Waals surface area contributed by atoms with Gasteiger partial charge in [-0.25, -0.2) is 0 Å². The van der Waals surface area contributed by atoms with Crippen LogP contribution in [0.25, 0.3) is 0 Å². The summed E-state index contributed by atoms with van der Waals surface area (Å²) in [5.41, 5.74) is 0. The van der Waals surface area contributed by atoms with Crippen molar-refractivity contribution in [1.29, 1.82) is 5.26 Å². The molecule has 10 heavy (non-hydrogen) atoms. The molecule has 1 saturated carbocycles. The van der Waals surface area contributed by atoms with E-state index < -0.39 is 0 Å². The van der Waals surface area contributed by atoms with E-state index in [1.54, 1.807) is 0 Å². The fourth-order valence-electron chi connectivity index (χ4n) is 1.18. The number of nitriles is 1. The van der Waals surface area contributed by atoms with Crippen molar-refractivity contribution in [1.82, 2.24) is 5.32 Å². The topological polar surface area (TPSA) is 35.8 Å². The van der Waals surface area contributed by atoms with Crippen molar-refractivity contribution in [2.24, 2.45) is 0 Å². The lowest BCUT2D eigenvalue weighted by molar-refractivity contribution is 0.641. The lowest BCUT2D eigenvalue weighted by Crippen LogP contribution is -2.35. The highest BCUT2D eigenvalue weighted by Gasteiger charge is 2.48. The monoisotopic (exact) mass is 156 g/mol. The fraction of sp³-hybridized carbons (Fsp3) is 0.857. The second-order valence-corrected chi connectivity index (χ2v) is 3.84. The van der Waals surface area contributed by atoms with Gasteiger partial charge in [-0.15, -0.1) is 0 Å². The first-order valence-corrected chi connectivity index (χ1v) is 4.63. The number of rotatable bonds is 3. The van der Waals surface area contributed by atoms with Crippen LogP contribution in [0.4, 0.5) is 0 Å². The van der Waals surface area contributed by atoms with Gasteiger partial charge in [-0.1, -0.05) is 0 Å². The Bertz CT molecular complexity index is 157. The molecule has 1 aliphatic carbocycles. The molecule has 1 aliphatic rings. The Kier molecular flexibility index (Phi) is 2.22. The quantitative estimate of drug-likeness (QED) is 0.662. The Morgan fingerprint density at radius 1 is 1.70 bits per heavy atom. The van der Waals surface area contributed by atoms with Crippen molar-refractivity contribution in [2.45, 2.75) is 23.6 Å². The first-order valence-electron chi connectivity index (χ1n) is 3.41. The maximum atomic E-state index is 8.71. The zero-order valence-electron chi connectivity index (χ0n) is 6.35. The van der Waals surface area contributed by atoms with Crippen molar-refractivity contribution in [3.63, 3.8) is 0 Å². The molecule has 0 bridgehead atoms. The molecule has 3 heteroatoms. The van der Waals surface area contributed by atoms with Crippen LogP contribution >= 0.6 is 11.8 Å². The summed E-state index contributed by atoms with van der Waals surface area (Å²) in [4.78, 5) is 0. The van der Waals surface area contributed by atoms with Gasteiger partial charge in [0.2, 0.25) is 0 Å². The number of hydrogen-bond acceptors (Lipinski definition) is 3. The van der Waals surface area contributed by atoms with Crippen molar-refractivity contribution >= 4 is 11.8 Å². The Labute approximate surface area is 66.0 Å². The minimum Gasteiger partial charge on any atom is -0.304 e. The minimum absolute atomic E-state index is 0.0440. The molecule has 0 aromatic carbocycles. The summed E-state index contributed by atoms with van der Waals surface area (Å²) in [6.45, 7) is 0. The van der Waals surface area contributed by atoms with E-state index >= 15 is 0 Å². The van der Waals surface area contributed by atoms with E-state index in [0.29, 0.717) is 0 Å². The average Bonchev–Trinajstić information content (AvgIpc) is 2.72. The van der Waals surface area contributed by atoms with Gasteiger partial charge in [-0.3, -0.25) is 0 Å². The third kappa shape index (κ3) is 1.14. The highest BCUT2D eigenvalue weighted by atomic mass is 32.2. The summed E-state index contributed by atoms with van der Waals surface area (Å²) < 4.78 is 0.253. The highest BCUT2D eigenvalue weighted by Crippen LogP contribution is 2.49. The van der Waals surface area contributed by atoms with E-state index in [4.69, 9.17) is 5.26 Å². The lowest BCUT2D eigenvalue weighted by Gasteiger charge is -2.17. The molecule has 0 spiro atoms. The molecule has 0 saturated heterocycles. The van der Waals surface area contributed by atoms with Crippen LogP contribution in [0.1, 0.15) is 12.8 Å². The lowest BCUT2D eigenvalue weighted by atomic mass is 10.2. The molecule has 0 unspecified atom stereocenters. The van der Waals surface area contributed by atoms with Crippen LogP contribution in [0.3, 0.4) is 0 Å². The average molecular weight is 156 g/mol. The van der Waals surface area contributed by atoms with Gasteiger partial charge in [0.15, 0.2) is 0 Å². The van der Waals surface area contributed by atoms with Gasteiger partial charge in [-0.2, -0.15) is 17.0 Å². The Morgan fingerprint density at radius 2 is 2.30 bits per heavy atom. The van der Waals surface area contributed by atoms with E-state index in [-0.39, 0.29) is 10.8 Å². The van der Waals surface area contributed by atoms with Gasteiger partial charge in [0, 0.05) is 4.75 Å². The molecule has 1 N–H and O–H groups in total. The standard InChI is InChI=1S/C7H12N2S/c1-9-6(5-8)7(10-2)3-4-7/h6,9H,3-4H2,1-2H3/t6-/m1/s1. The van der Waals surface area contributed by atoms with Crippen LogP contribution < -0.4 is 5.32 Å². The predicted molar refractivity (Wildman–Crippen MR) is 43.9 cm³/mol. The molecule has 1 fully saturated rings. The van der Waals surface area contributed by atoms with Crippen LogP contribution in [-0.2, 0) is 0 Å². The molecule has 0 aromatic heterocycles. The van der Waals surface area contributed by atoms with Crippen LogP contribution in [-0.4, -0.2) is 24.1 Å². The molecule has 0 heterocycles. The summed E-state index contributed by atoms with van der Waals surface area (Å²) in [6.07, 6.45) is 4.45. The molecule has 0 aromatic rings. The van der Waals surface area contributed by atoms with E-state index in [1.807, 2.05) is 18.8 Å². The predicted octanol–water partition coefficient (Wildman–Crippen LogP) is 0.994. The summed E-state index contributed by atoms with van der Waals surface area (Å²) in [6, 6.07) is 2.32. The molecule has 0 amide bonds. The van der Waals surface area contributed by atoms with E-state index in [9.17, 15) is 0 Å². The highest BCUT2D eigenvalue weighted by molar-refractivity contribution is 8.00. The Morgan fingerprint density at radius 3 is 2.40 bits per heavy atom. The molecule has 1 rings (SSSR count). The molecule has 1 atom stereocenters. The maximum Gasteiger partial charge on any atom is 0.110 e. The van der Waals surface area contributed by atoms with Crippen molar-refractivity contribution < 1.29 is 0 Å². The third-order valence-electron chi connectivity index (χ3n) is 2.09. The number of nitrogens with one attached hydrogen (secondary N) is 1. The summed E-state index contributed by atoms with van der Waals surface area (Å²) in [7, 11) is 1.85. The van der Waals surface area contributed by atoms with Crippen molar-refractivity contribution in [3.05, 3.63) is 0 Å². The molecule has 0 aliphatic heterocycles. The molecule has 2 nitrogen and oxygen atoms in total. The SMILES string of the molecule is CN[C@H](C#N)C1(SC)CC1. The zero-order chi connectivity index (χ0) is 7.61. The van der Waals surface area contributed by atoms with E-state index in [2.05, 4.69) is 17.6 Å². The van der Waals surface area contributed by atoms with E-state index in [0.717, 1.165) is 0 Å². The van der Waals surface area contributed by atoms with E-state index in [1.165, 1.54) is 12.8 Å². The Hall–Kier alpha value is -0.200. The van der Waals surface area contributed by atoms with Gasteiger partial charge in [0.05, 0.1) is 6.07 Å². The molecule has 56 valence electrons. The van der Waals surface area contributed by atoms with Crippen LogP contribution in [0.2, 0.25) is 0 Å². The fourth-order valence-corrected chi connectivity index (χ4v) is 2.10. The maximum absolute atomic E-state index is 8.71.